The zero-order valence-corrected chi connectivity index (χ0v) is 13.6. The first-order valence-corrected chi connectivity index (χ1v) is 7.86. The Balaban J connectivity index is 1.77. The second-order valence-electron chi connectivity index (χ2n) is 5.64. The summed E-state index contributed by atoms with van der Waals surface area (Å²) in [5.74, 6) is 0. The lowest BCUT2D eigenvalue weighted by Gasteiger charge is -2.14. The van der Waals surface area contributed by atoms with Crippen molar-refractivity contribution >= 4 is 11.6 Å². The fourth-order valence-electron chi connectivity index (χ4n) is 2.24. The summed E-state index contributed by atoms with van der Waals surface area (Å²) in [6.07, 6.45) is -2.40. The molecule has 2 aromatic carbocycles. The van der Waals surface area contributed by atoms with Crippen molar-refractivity contribution in [3.8, 4) is 0 Å². The molecule has 1 N–H and O–H groups in total. The summed E-state index contributed by atoms with van der Waals surface area (Å²) in [7, 11) is 0. The first kappa shape index (κ1) is 17.8. The quantitative estimate of drug-likeness (QED) is 0.734. The fourth-order valence-corrected chi connectivity index (χ4v) is 2.37. The maximum atomic E-state index is 12.5. The highest BCUT2D eigenvalue weighted by atomic mass is 35.5. The highest BCUT2D eigenvalue weighted by molar-refractivity contribution is 6.30. The minimum Gasteiger partial charge on any atom is -0.310 e. The lowest BCUT2D eigenvalue weighted by Crippen LogP contribution is -2.26. The molecule has 1 nitrogen and oxygen atoms in total. The minimum atomic E-state index is -4.28. The second kappa shape index (κ2) is 7.84. The van der Waals surface area contributed by atoms with Gasteiger partial charge in [0.25, 0.3) is 0 Å². The molecule has 1 unspecified atom stereocenters. The Kier molecular flexibility index (Phi) is 6.08. The lowest BCUT2D eigenvalue weighted by atomic mass is 10.1. The average Bonchev–Trinajstić information content (AvgIpc) is 2.52. The molecule has 0 saturated carbocycles. The van der Waals surface area contributed by atoms with Crippen molar-refractivity contribution in [2.24, 2.45) is 0 Å². The van der Waals surface area contributed by atoms with Crippen molar-refractivity contribution in [3.05, 3.63) is 70.2 Å². The number of hydrogen-bond acceptors (Lipinski definition) is 1. The third-order valence-electron chi connectivity index (χ3n) is 3.72. The molecule has 0 aliphatic heterocycles. The van der Waals surface area contributed by atoms with Crippen LogP contribution in [0.3, 0.4) is 0 Å². The van der Waals surface area contributed by atoms with Crippen LogP contribution in [0.1, 0.15) is 30.0 Å². The summed E-state index contributed by atoms with van der Waals surface area (Å²) in [5.41, 5.74) is 1.45. The molecule has 0 saturated heterocycles. The number of nitrogens with one attached hydrogen (secondary N) is 1. The third-order valence-corrected chi connectivity index (χ3v) is 3.97. The van der Waals surface area contributed by atoms with E-state index in [0.717, 1.165) is 35.6 Å². The molecular weight excluding hydrogens is 323 g/mol. The predicted molar refractivity (Wildman–Crippen MR) is 87.5 cm³/mol. The topological polar surface area (TPSA) is 12.0 Å². The van der Waals surface area contributed by atoms with Crippen molar-refractivity contribution in [1.82, 2.24) is 5.32 Å². The Labute approximate surface area is 139 Å². The van der Waals surface area contributed by atoms with E-state index in [0.29, 0.717) is 6.54 Å². The van der Waals surface area contributed by atoms with E-state index in [2.05, 4.69) is 12.2 Å². The molecule has 0 fully saturated rings. The van der Waals surface area contributed by atoms with Crippen LogP contribution in [-0.2, 0) is 19.1 Å². The van der Waals surface area contributed by atoms with Crippen molar-refractivity contribution in [2.75, 3.05) is 0 Å². The van der Waals surface area contributed by atoms with Crippen LogP contribution in [0, 0.1) is 0 Å². The molecule has 0 amide bonds. The van der Waals surface area contributed by atoms with Gasteiger partial charge < -0.3 is 5.32 Å². The molecule has 124 valence electrons. The molecule has 0 radical (unpaired) electrons. The molecule has 0 aliphatic carbocycles. The Hall–Kier alpha value is -1.52. The number of halogens is 4. The van der Waals surface area contributed by atoms with Gasteiger partial charge in [0.1, 0.15) is 0 Å². The summed E-state index contributed by atoms with van der Waals surface area (Å²) in [5, 5.41) is 4.06. The van der Waals surface area contributed by atoms with Gasteiger partial charge in [-0.2, -0.15) is 13.2 Å². The zero-order valence-electron chi connectivity index (χ0n) is 12.8. The normalized spacial score (nSPS) is 13.1. The first-order chi connectivity index (χ1) is 10.8. The molecule has 2 rings (SSSR count). The summed E-state index contributed by atoms with van der Waals surface area (Å²) in [6.45, 7) is 2.62. The van der Waals surface area contributed by atoms with Gasteiger partial charge in [0.2, 0.25) is 0 Å². The lowest BCUT2D eigenvalue weighted by molar-refractivity contribution is -0.137. The molecule has 0 bridgehead atoms. The third kappa shape index (κ3) is 5.88. The van der Waals surface area contributed by atoms with Crippen LogP contribution in [-0.4, -0.2) is 6.04 Å². The van der Waals surface area contributed by atoms with Crippen LogP contribution in [0.25, 0.3) is 0 Å². The zero-order chi connectivity index (χ0) is 16.9. The van der Waals surface area contributed by atoms with Gasteiger partial charge in [0.05, 0.1) is 5.56 Å². The monoisotopic (exact) mass is 341 g/mol. The van der Waals surface area contributed by atoms with E-state index < -0.39 is 11.7 Å². The van der Waals surface area contributed by atoms with E-state index in [4.69, 9.17) is 11.6 Å². The van der Waals surface area contributed by atoms with Gasteiger partial charge in [-0.1, -0.05) is 35.9 Å². The highest BCUT2D eigenvalue weighted by Crippen LogP contribution is 2.29. The molecule has 0 aliphatic rings. The van der Waals surface area contributed by atoms with E-state index in [1.54, 1.807) is 0 Å². The van der Waals surface area contributed by atoms with Crippen LogP contribution >= 0.6 is 11.6 Å². The number of aryl methyl sites for hydroxylation is 1. The smallest absolute Gasteiger partial charge is 0.310 e. The number of hydrogen-bond donors (Lipinski definition) is 1. The van der Waals surface area contributed by atoms with Gasteiger partial charge in [-0.05, 0) is 55.2 Å². The van der Waals surface area contributed by atoms with Gasteiger partial charge in [-0.25, -0.2) is 0 Å². The highest BCUT2D eigenvalue weighted by Gasteiger charge is 2.29. The molecule has 0 heterocycles. The molecular formula is C18H19ClF3N. The van der Waals surface area contributed by atoms with Gasteiger partial charge in [0, 0.05) is 17.6 Å². The molecule has 5 heteroatoms. The standard InChI is InChI=1S/C18H19ClF3N/c1-13(2-3-14-6-10-17(19)11-7-14)23-12-15-4-8-16(9-5-15)18(20,21)22/h4-11,13,23H,2-3,12H2,1H3. The van der Waals surface area contributed by atoms with E-state index in [9.17, 15) is 13.2 Å². The SMILES string of the molecule is CC(CCc1ccc(Cl)cc1)NCc1ccc(C(F)(F)F)cc1. The Morgan fingerprint density at radius 3 is 2.09 bits per heavy atom. The predicted octanol–water partition coefficient (Wildman–Crippen LogP) is 5.47. The Morgan fingerprint density at radius 2 is 1.52 bits per heavy atom. The fraction of sp³-hybridized carbons (Fsp3) is 0.333. The largest absolute Gasteiger partial charge is 0.416 e. The summed E-state index contributed by atoms with van der Waals surface area (Å²) in [6, 6.07) is 13.3. The van der Waals surface area contributed by atoms with Gasteiger partial charge >= 0.3 is 6.18 Å². The van der Waals surface area contributed by atoms with Crippen molar-refractivity contribution in [2.45, 2.75) is 38.5 Å². The average molecular weight is 342 g/mol. The molecule has 2 aromatic rings. The summed E-state index contributed by atoms with van der Waals surface area (Å²) >= 11 is 5.85. The van der Waals surface area contributed by atoms with Crippen LogP contribution in [0.5, 0.6) is 0 Å². The summed E-state index contributed by atoms with van der Waals surface area (Å²) < 4.78 is 37.5. The van der Waals surface area contributed by atoms with Crippen LogP contribution in [0.4, 0.5) is 13.2 Å². The van der Waals surface area contributed by atoms with E-state index >= 15 is 0 Å². The van der Waals surface area contributed by atoms with E-state index in [1.165, 1.54) is 17.7 Å². The first-order valence-electron chi connectivity index (χ1n) is 7.48. The molecule has 0 aromatic heterocycles. The number of rotatable bonds is 6. The maximum absolute atomic E-state index is 12.5. The van der Waals surface area contributed by atoms with Crippen molar-refractivity contribution in [1.29, 1.82) is 0 Å². The van der Waals surface area contributed by atoms with Crippen LogP contribution in [0.2, 0.25) is 5.02 Å². The maximum Gasteiger partial charge on any atom is 0.416 e. The minimum absolute atomic E-state index is 0.271. The Bertz CT molecular complexity index is 606. The van der Waals surface area contributed by atoms with E-state index in [-0.39, 0.29) is 6.04 Å². The van der Waals surface area contributed by atoms with Crippen molar-refractivity contribution < 1.29 is 13.2 Å². The van der Waals surface area contributed by atoms with Crippen LogP contribution < -0.4 is 5.32 Å². The summed E-state index contributed by atoms with van der Waals surface area (Å²) in [4.78, 5) is 0. The van der Waals surface area contributed by atoms with Gasteiger partial charge in [0.15, 0.2) is 0 Å². The van der Waals surface area contributed by atoms with Crippen molar-refractivity contribution in [3.63, 3.8) is 0 Å². The second-order valence-corrected chi connectivity index (χ2v) is 6.08. The van der Waals surface area contributed by atoms with Gasteiger partial charge in [-0.3, -0.25) is 0 Å². The molecule has 1 atom stereocenters. The molecule has 23 heavy (non-hydrogen) atoms. The number of alkyl halides is 3. The van der Waals surface area contributed by atoms with Gasteiger partial charge in [-0.15, -0.1) is 0 Å². The Morgan fingerprint density at radius 1 is 0.957 bits per heavy atom. The molecule has 0 spiro atoms. The van der Waals surface area contributed by atoms with Crippen LogP contribution in [0.15, 0.2) is 48.5 Å². The van der Waals surface area contributed by atoms with E-state index in [1.807, 2.05) is 24.3 Å². The number of benzene rings is 2.